The first-order chi connectivity index (χ1) is 12.6. The van der Waals surface area contributed by atoms with Crippen molar-refractivity contribution in [3.63, 3.8) is 0 Å². The Balaban J connectivity index is 0.00000364. The molecule has 0 bridgehead atoms. The van der Waals surface area contributed by atoms with Crippen LogP contribution in [0.15, 0.2) is 58.4 Å². The molecule has 148 valence electrons. The van der Waals surface area contributed by atoms with Crippen LogP contribution in [0.4, 0.5) is 4.39 Å². The summed E-state index contributed by atoms with van der Waals surface area (Å²) in [5, 5.41) is 6.40. The Bertz CT molecular complexity index is 760. The van der Waals surface area contributed by atoms with E-state index in [1.54, 1.807) is 30.9 Å². The maximum Gasteiger partial charge on any atom is 0.191 e. The first kappa shape index (κ1) is 23.9. The molecule has 2 N–H and O–H groups in total. The fraction of sp³-hybridized carbons (Fsp3) is 0.316. The third-order valence-corrected chi connectivity index (χ3v) is 5.70. The Morgan fingerprint density at radius 2 is 1.89 bits per heavy atom. The van der Waals surface area contributed by atoms with Crippen LogP contribution in [0.5, 0.6) is 0 Å². The summed E-state index contributed by atoms with van der Waals surface area (Å²) in [4.78, 5) is 5.01. The van der Waals surface area contributed by atoms with E-state index in [1.807, 2.05) is 36.6 Å². The fourth-order valence-electron chi connectivity index (χ4n) is 2.41. The number of hydrogen-bond donors (Lipinski definition) is 2. The first-order valence-corrected chi connectivity index (χ1v) is 11.0. The van der Waals surface area contributed by atoms with Crippen LogP contribution >= 0.6 is 35.7 Å². The SMILES string of the molecule is CN=C(NCCS(=O)c1ccccc1)NCc1ccc(F)cc1CSC.I. The lowest BCUT2D eigenvalue weighted by molar-refractivity contribution is 0.625. The minimum Gasteiger partial charge on any atom is -0.355 e. The maximum atomic E-state index is 13.4. The molecule has 0 aliphatic heterocycles. The van der Waals surface area contributed by atoms with Gasteiger partial charge in [0.15, 0.2) is 5.96 Å². The van der Waals surface area contributed by atoms with Gasteiger partial charge in [0.05, 0.1) is 10.8 Å². The van der Waals surface area contributed by atoms with Crippen molar-refractivity contribution >= 4 is 52.5 Å². The lowest BCUT2D eigenvalue weighted by atomic mass is 10.1. The normalized spacial score (nSPS) is 12.2. The van der Waals surface area contributed by atoms with Crippen molar-refractivity contribution in [3.8, 4) is 0 Å². The zero-order valence-corrected chi connectivity index (χ0v) is 19.4. The van der Waals surface area contributed by atoms with Gasteiger partial charge in [-0.2, -0.15) is 11.8 Å². The number of guanidine groups is 1. The first-order valence-electron chi connectivity index (χ1n) is 8.28. The molecule has 0 saturated carbocycles. The molecule has 0 aromatic heterocycles. The Hall–Kier alpha value is -1.13. The number of nitrogens with one attached hydrogen (secondary N) is 2. The number of benzene rings is 2. The molecular formula is C19H25FIN3OS2. The van der Waals surface area contributed by atoms with E-state index in [0.29, 0.717) is 24.8 Å². The van der Waals surface area contributed by atoms with Crippen LogP contribution in [0.1, 0.15) is 11.1 Å². The molecule has 0 aliphatic rings. The van der Waals surface area contributed by atoms with Gasteiger partial charge in [-0.3, -0.25) is 9.20 Å². The van der Waals surface area contributed by atoms with Crippen molar-refractivity contribution < 1.29 is 8.60 Å². The highest BCUT2D eigenvalue weighted by atomic mass is 127. The van der Waals surface area contributed by atoms with Gasteiger partial charge in [-0.15, -0.1) is 24.0 Å². The van der Waals surface area contributed by atoms with Crippen molar-refractivity contribution in [2.45, 2.75) is 17.2 Å². The van der Waals surface area contributed by atoms with E-state index in [1.165, 1.54) is 6.07 Å². The molecule has 2 aromatic carbocycles. The third kappa shape index (κ3) is 8.18. The van der Waals surface area contributed by atoms with Gasteiger partial charge in [-0.05, 0) is 41.6 Å². The number of aliphatic imine (C=N–C) groups is 1. The van der Waals surface area contributed by atoms with Gasteiger partial charge in [0, 0.05) is 36.5 Å². The highest BCUT2D eigenvalue weighted by Gasteiger charge is 2.07. The molecule has 0 amide bonds. The summed E-state index contributed by atoms with van der Waals surface area (Å²) in [6.07, 6.45) is 2.00. The maximum absolute atomic E-state index is 13.4. The average Bonchev–Trinajstić information content (AvgIpc) is 2.66. The molecule has 2 aromatic rings. The minimum atomic E-state index is -1.04. The topological polar surface area (TPSA) is 53.5 Å². The lowest BCUT2D eigenvalue weighted by Crippen LogP contribution is -2.38. The van der Waals surface area contributed by atoms with E-state index in [4.69, 9.17) is 0 Å². The molecule has 27 heavy (non-hydrogen) atoms. The van der Waals surface area contributed by atoms with Gasteiger partial charge in [0.2, 0.25) is 0 Å². The Morgan fingerprint density at radius 1 is 1.15 bits per heavy atom. The number of nitrogens with zero attached hydrogens (tertiary/aromatic N) is 1. The van der Waals surface area contributed by atoms with E-state index in [9.17, 15) is 8.60 Å². The van der Waals surface area contributed by atoms with Crippen LogP contribution in [0, 0.1) is 5.82 Å². The van der Waals surface area contributed by atoms with Crippen LogP contribution in [0.3, 0.4) is 0 Å². The summed E-state index contributed by atoms with van der Waals surface area (Å²) in [5.74, 6) is 1.67. The number of thioether (sulfide) groups is 1. The molecule has 1 unspecified atom stereocenters. The Labute approximate surface area is 184 Å². The third-order valence-electron chi connectivity index (χ3n) is 3.72. The molecule has 1 atom stereocenters. The second kappa shape index (κ2) is 13.1. The van der Waals surface area contributed by atoms with Gasteiger partial charge < -0.3 is 10.6 Å². The molecule has 0 radical (unpaired) electrons. The molecule has 0 aliphatic carbocycles. The van der Waals surface area contributed by atoms with E-state index in [-0.39, 0.29) is 29.8 Å². The van der Waals surface area contributed by atoms with E-state index in [2.05, 4.69) is 15.6 Å². The summed E-state index contributed by atoms with van der Waals surface area (Å²) in [5.41, 5.74) is 2.02. The number of hydrogen-bond acceptors (Lipinski definition) is 3. The van der Waals surface area contributed by atoms with Gasteiger partial charge in [0.25, 0.3) is 0 Å². The summed E-state index contributed by atoms with van der Waals surface area (Å²) in [7, 11) is 0.651. The van der Waals surface area contributed by atoms with E-state index in [0.717, 1.165) is 21.8 Å². The molecule has 0 heterocycles. The van der Waals surface area contributed by atoms with Crippen LogP contribution in [-0.2, 0) is 23.1 Å². The summed E-state index contributed by atoms with van der Waals surface area (Å²) < 4.78 is 25.6. The van der Waals surface area contributed by atoms with E-state index < -0.39 is 10.8 Å². The van der Waals surface area contributed by atoms with Crippen molar-refractivity contribution in [1.82, 2.24) is 10.6 Å². The summed E-state index contributed by atoms with van der Waals surface area (Å²) in [6.45, 7) is 1.10. The molecule has 0 saturated heterocycles. The second-order valence-corrected chi connectivity index (χ2v) is 8.00. The van der Waals surface area contributed by atoms with Crippen LogP contribution in [0.2, 0.25) is 0 Å². The molecule has 0 spiro atoms. The van der Waals surface area contributed by atoms with Crippen LogP contribution in [-0.4, -0.2) is 35.8 Å². The predicted octanol–water partition coefficient (Wildman–Crippen LogP) is 3.78. The van der Waals surface area contributed by atoms with E-state index >= 15 is 0 Å². The monoisotopic (exact) mass is 521 g/mol. The standard InChI is InChI=1S/C19H24FN3OS2.HI/c1-21-19(22-10-11-26(24)18-6-4-3-5-7-18)23-13-15-8-9-17(20)12-16(15)14-25-2;/h3-9,12H,10-11,13-14H2,1-2H3,(H2,21,22,23);1H. The zero-order chi connectivity index (χ0) is 18.8. The predicted molar refractivity (Wildman–Crippen MR) is 125 cm³/mol. The highest BCUT2D eigenvalue weighted by Crippen LogP contribution is 2.16. The van der Waals surface area contributed by atoms with Crippen LogP contribution < -0.4 is 10.6 Å². The molecular weight excluding hydrogens is 496 g/mol. The largest absolute Gasteiger partial charge is 0.355 e. The highest BCUT2D eigenvalue weighted by molar-refractivity contribution is 14.0. The average molecular weight is 521 g/mol. The Kier molecular flexibility index (Phi) is 11.6. The lowest BCUT2D eigenvalue weighted by Gasteiger charge is -2.14. The summed E-state index contributed by atoms with van der Waals surface area (Å²) >= 11 is 1.66. The van der Waals surface area contributed by atoms with Gasteiger partial charge in [-0.1, -0.05) is 24.3 Å². The number of rotatable bonds is 8. The van der Waals surface area contributed by atoms with Crippen molar-refractivity contribution in [2.24, 2.45) is 4.99 Å². The number of halogens is 2. The van der Waals surface area contributed by atoms with Gasteiger partial charge >= 0.3 is 0 Å². The van der Waals surface area contributed by atoms with Crippen molar-refractivity contribution in [1.29, 1.82) is 0 Å². The smallest absolute Gasteiger partial charge is 0.191 e. The second-order valence-electron chi connectivity index (χ2n) is 5.56. The summed E-state index contributed by atoms with van der Waals surface area (Å²) in [6, 6.07) is 14.3. The molecule has 0 fully saturated rings. The Morgan fingerprint density at radius 3 is 2.56 bits per heavy atom. The zero-order valence-electron chi connectivity index (χ0n) is 15.4. The van der Waals surface area contributed by atoms with Crippen molar-refractivity contribution in [3.05, 3.63) is 65.5 Å². The minimum absolute atomic E-state index is 0. The molecule has 2 rings (SSSR count). The molecule has 4 nitrogen and oxygen atoms in total. The van der Waals surface area contributed by atoms with Crippen LogP contribution in [0.25, 0.3) is 0 Å². The quantitative estimate of drug-likeness (QED) is 0.316. The fourth-order valence-corrected chi connectivity index (χ4v) is 3.97. The van der Waals surface area contributed by atoms with Crippen molar-refractivity contribution in [2.75, 3.05) is 25.6 Å². The van der Waals surface area contributed by atoms with Gasteiger partial charge in [-0.25, -0.2) is 4.39 Å². The van der Waals surface area contributed by atoms with Gasteiger partial charge in [0.1, 0.15) is 5.82 Å². The molecule has 8 heteroatoms.